The van der Waals surface area contributed by atoms with Crippen LogP contribution in [0.5, 0.6) is 0 Å². The zero-order chi connectivity index (χ0) is 14.3. The molecule has 0 saturated carbocycles. The summed E-state index contributed by atoms with van der Waals surface area (Å²) in [4.78, 5) is 25.8. The van der Waals surface area contributed by atoms with Crippen LogP contribution in [0.25, 0.3) is 0 Å². The van der Waals surface area contributed by atoms with Crippen LogP contribution in [0.2, 0.25) is 0 Å². The van der Waals surface area contributed by atoms with Crippen molar-refractivity contribution in [3.8, 4) is 0 Å². The molecule has 0 unspecified atom stereocenters. The summed E-state index contributed by atoms with van der Waals surface area (Å²) in [5.41, 5.74) is -0.135. The fourth-order valence-electron chi connectivity index (χ4n) is 1.65. The molecule has 1 aromatic rings. The summed E-state index contributed by atoms with van der Waals surface area (Å²) in [5, 5.41) is 0. The van der Waals surface area contributed by atoms with Gasteiger partial charge in [0.1, 0.15) is 5.56 Å². The molecular weight excluding hydrogens is 248 g/mol. The molecular formula is C13H20N2O4. The molecule has 0 spiro atoms. The average Bonchev–Trinajstić information content (AvgIpc) is 2.41. The Hall–Kier alpha value is -1.66. The van der Waals surface area contributed by atoms with Gasteiger partial charge in [0.05, 0.1) is 13.2 Å². The van der Waals surface area contributed by atoms with Crippen LogP contribution in [0, 0.1) is 0 Å². The Labute approximate surface area is 112 Å². The number of aromatic nitrogens is 1. The molecule has 19 heavy (non-hydrogen) atoms. The van der Waals surface area contributed by atoms with Crippen LogP contribution in [0.15, 0.2) is 23.1 Å². The van der Waals surface area contributed by atoms with E-state index in [0.29, 0.717) is 26.3 Å². The van der Waals surface area contributed by atoms with Crippen molar-refractivity contribution in [2.75, 3.05) is 40.5 Å². The van der Waals surface area contributed by atoms with E-state index in [9.17, 15) is 9.59 Å². The van der Waals surface area contributed by atoms with Gasteiger partial charge in [-0.1, -0.05) is 0 Å². The number of pyridine rings is 1. The summed E-state index contributed by atoms with van der Waals surface area (Å²) in [6, 6.07) is 3.22. The van der Waals surface area contributed by atoms with Crippen LogP contribution in [0.1, 0.15) is 10.4 Å². The minimum atomic E-state index is -0.299. The lowest BCUT2D eigenvalue weighted by molar-refractivity contribution is 0.0625. The van der Waals surface area contributed by atoms with Crippen molar-refractivity contribution in [2.45, 2.75) is 0 Å². The lowest BCUT2D eigenvalue weighted by Crippen LogP contribution is -2.39. The van der Waals surface area contributed by atoms with E-state index in [-0.39, 0.29) is 17.0 Å². The van der Waals surface area contributed by atoms with Gasteiger partial charge in [0, 0.05) is 40.6 Å². The number of aryl methyl sites for hydroxylation is 1. The largest absolute Gasteiger partial charge is 0.383 e. The van der Waals surface area contributed by atoms with Gasteiger partial charge < -0.3 is 18.9 Å². The normalized spacial score (nSPS) is 10.5. The standard InChI is InChI=1S/C13H20N2O4/c1-14-6-4-5-11(12(14)16)13(17)15(7-9-18-2)8-10-19-3/h4-6H,7-10H2,1-3H3. The number of ether oxygens (including phenoxy) is 2. The third-order valence-corrected chi connectivity index (χ3v) is 2.77. The number of hydrogen-bond donors (Lipinski definition) is 0. The van der Waals surface area contributed by atoms with Gasteiger partial charge in [-0.25, -0.2) is 0 Å². The molecule has 0 aliphatic heterocycles. The third kappa shape index (κ3) is 4.18. The highest BCUT2D eigenvalue weighted by Gasteiger charge is 2.18. The summed E-state index contributed by atoms with van der Waals surface area (Å²) in [7, 11) is 4.76. The molecule has 1 aromatic heterocycles. The fraction of sp³-hybridized carbons (Fsp3) is 0.538. The second kappa shape index (κ2) is 7.70. The zero-order valence-electron chi connectivity index (χ0n) is 11.6. The first-order valence-electron chi connectivity index (χ1n) is 6.04. The van der Waals surface area contributed by atoms with Gasteiger partial charge in [-0.3, -0.25) is 9.59 Å². The second-order valence-corrected chi connectivity index (χ2v) is 4.12. The van der Waals surface area contributed by atoms with Crippen LogP contribution in [0.3, 0.4) is 0 Å². The summed E-state index contributed by atoms with van der Waals surface area (Å²) in [6.45, 7) is 1.69. The smallest absolute Gasteiger partial charge is 0.263 e. The molecule has 0 aliphatic rings. The van der Waals surface area contributed by atoms with E-state index in [0.717, 1.165) is 0 Å². The van der Waals surface area contributed by atoms with E-state index in [2.05, 4.69) is 0 Å². The molecule has 0 fully saturated rings. The van der Waals surface area contributed by atoms with Gasteiger partial charge in [-0.2, -0.15) is 0 Å². The number of carbonyl (C=O) groups excluding carboxylic acids is 1. The van der Waals surface area contributed by atoms with E-state index >= 15 is 0 Å². The first-order chi connectivity index (χ1) is 9.11. The van der Waals surface area contributed by atoms with E-state index in [4.69, 9.17) is 9.47 Å². The van der Waals surface area contributed by atoms with Crippen molar-refractivity contribution in [3.63, 3.8) is 0 Å². The van der Waals surface area contributed by atoms with Crippen LogP contribution in [-0.2, 0) is 16.5 Å². The Balaban J connectivity index is 2.91. The minimum Gasteiger partial charge on any atom is -0.383 e. The molecule has 1 amide bonds. The molecule has 0 aromatic carbocycles. The monoisotopic (exact) mass is 268 g/mol. The van der Waals surface area contributed by atoms with Crippen molar-refractivity contribution < 1.29 is 14.3 Å². The van der Waals surface area contributed by atoms with Gasteiger partial charge in [-0.05, 0) is 12.1 Å². The first-order valence-corrected chi connectivity index (χ1v) is 6.04. The Morgan fingerprint density at radius 1 is 1.26 bits per heavy atom. The predicted molar refractivity (Wildman–Crippen MR) is 71.3 cm³/mol. The highest BCUT2D eigenvalue weighted by Crippen LogP contribution is 2.00. The van der Waals surface area contributed by atoms with Crippen LogP contribution < -0.4 is 5.56 Å². The molecule has 6 heteroatoms. The first kappa shape index (κ1) is 15.4. The molecule has 1 heterocycles. The average molecular weight is 268 g/mol. The summed E-state index contributed by atoms with van der Waals surface area (Å²) < 4.78 is 11.3. The maximum Gasteiger partial charge on any atom is 0.263 e. The molecule has 0 aliphatic carbocycles. The van der Waals surface area contributed by atoms with E-state index in [1.807, 2.05) is 0 Å². The molecule has 0 atom stereocenters. The number of hydrogen-bond acceptors (Lipinski definition) is 4. The number of rotatable bonds is 7. The zero-order valence-corrected chi connectivity index (χ0v) is 11.6. The van der Waals surface area contributed by atoms with E-state index < -0.39 is 0 Å². The summed E-state index contributed by atoms with van der Waals surface area (Å²) in [6.07, 6.45) is 1.62. The number of carbonyl (C=O) groups is 1. The van der Waals surface area contributed by atoms with Gasteiger partial charge in [0.25, 0.3) is 11.5 Å². The molecule has 6 nitrogen and oxygen atoms in total. The van der Waals surface area contributed by atoms with Crippen molar-refractivity contribution >= 4 is 5.91 Å². The quantitative estimate of drug-likeness (QED) is 0.705. The molecule has 106 valence electrons. The second-order valence-electron chi connectivity index (χ2n) is 4.12. The Morgan fingerprint density at radius 2 is 1.84 bits per heavy atom. The minimum absolute atomic E-state index is 0.164. The van der Waals surface area contributed by atoms with Crippen molar-refractivity contribution in [1.82, 2.24) is 9.47 Å². The summed E-state index contributed by atoms with van der Waals surface area (Å²) in [5.74, 6) is -0.296. The number of methoxy groups -OCH3 is 2. The van der Waals surface area contributed by atoms with Crippen molar-refractivity contribution in [3.05, 3.63) is 34.2 Å². The van der Waals surface area contributed by atoms with Crippen molar-refractivity contribution in [2.24, 2.45) is 7.05 Å². The highest BCUT2D eigenvalue weighted by atomic mass is 16.5. The Bertz CT molecular complexity index is 462. The number of amides is 1. The van der Waals surface area contributed by atoms with Crippen molar-refractivity contribution in [1.29, 1.82) is 0 Å². The lowest BCUT2D eigenvalue weighted by atomic mass is 10.2. The maximum absolute atomic E-state index is 12.3. The van der Waals surface area contributed by atoms with E-state index in [1.54, 1.807) is 38.4 Å². The topological polar surface area (TPSA) is 60.8 Å². The third-order valence-electron chi connectivity index (χ3n) is 2.77. The SMILES string of the molecule is COCCN(CCOC)C(=O)c1cccn(C)c1=O. The maximum atomic E-state index is 12.3. The molecule has 0 N–H and O–H groups in total. The van der Waals surface area contributed by atoms with Crippen LogP contribution in [-0.4, -0.2) is 55.9 Å². The van der Waals surface area contributed by atoms with E-state index in [1.165, 1.54) is 10.6 Å². The molecule has 0 radical (unpaired) electrons. The van der Waals surface area contributed by atoms with Gasteiger partial charge in [0.15, 0.2) is 0 Å². The predicted octanol–water partition coefficient (Wildman–Crippen LogP) is 0.120. The van der Waals surface area contributed by atoms with Crippen LogP contribution in [0.4, 0.5) is 0 Å². The number of nitrogens with zero attached hydrogens (tertiary/aromatic N) is 2. The Kier molecular flexibility index (Phi) is 6.24. The fourth-order valence-corrected chi connectivity index (χ4v) is 1.65. The van der Waals surface area contributed by atoms with Gasteiger partial charge >= 0.3 is 0 Å². The summed E-state index contributed by atoms with van der Waals surface area (Å²) >= 11 is 0. The van der Waals surface area contributed by atoms with Crippen LogP contribution >= 0.6 is 0 Å². The Morgan fingerprint density at radius 3 is 2.37 bits per heavy atom. The highest BCUT2D eigenvalue weighted by molar-refractivity contribution is 5.93. The molecule has 0 bridgehead atoms. The van der Waals surface area contributed by atoms with Gasteiger partial charge in [0.2, 0.25) is 0 Å². The lowest BCUT2D eigenvalue weighted by Gasteiger charge is -2.21. The molecule has 0 saturated heterocycles. The molecule has 1 rings (SSSR count). The van der Waals surface area contributed by atoms with Gasteiger partial charge in [-0.15, -0.1) is 0 Å².